The standard InChI is InChI=1S/C18H23ClN4O2.ClH/c1-22(6-7-25-15-5-3-4-14(19)8-15)18(24)17-11-20-10-16(17)13-9-21-23(2)12-13;/h3-5,8-9,12,16-17,20H,6-7,10-11H2,1-2H3;1H/t16-,17+;/m1./s1. The molecule has 0 spiro atoms. The number of aromatic nitrogens is 2. The summed E-state index contributed by atoms with van der Waals surface area (Å²) in [6.07, 6.45) is 3.83. The number of halogens is 2. The van der Waals surface area contributed by atoms with E-state index in [2.05, 4.69) is 10.4 Å². The van der Waals surface area contributed by atoms with Crippen LogP contribution in [-0.4, -0.2) is 53.9 Å². The third-order valence-electron chi connectivity index (χ3n) is 4.55. The molecule has 3 rings (SSSR count). The van der Waals surface area contributed by atoms with E-state index >= 15 is 0 Å². The van der Waals surface area contributed by atoms with E-state index in [4.69, 9.17) is 16.3 Å². The lowest BCUT2D eigenvalue weighted by Gasteiger charge is -2.24. The third-order valence-corrected chi connectivity index (χ3v) is 4.79. The highest BCUT2D eigenvalue weighted by molar-refractivity contribution is 6.30. The van der Waals surface area contributed by atoms with Gasteiger partial charge in [0, 0.05) is 44.3 Å². The Bertz CT molecular complexity index is 737. The van der Waals surface area contributed by atoms with E-state index in [9.17, 15) is 4.79 Å². The number of likely N-dealkylation sites (N-methyl/N-ethyl adjacent to an activating group) is 1. The van der Waals surface area contributed by atoms with Crippen LogP contribution in [0.1, 0.15) is 11.5 Å². The molecule has 1 saturated heterocycles. The number of benzene rings is 1. The van der Waals surface area contributed by atoms with Crippen LogP contribution in [0, 0.1) is 5.92 Å². The van der Waals surface area contributed by atoms with Crippen molar-refractivity contribution in [1.82, 2.24) is 20.0 Å². The van der Waals surface area contributed by atoms with Crippen molar-refractivity contribution in [2.75, 3.05) is 33.3 Å². The minimum atomic E-state index is -0.0691. The summed E-state index contributed by atoms with van der Waals surface area (Å²) in [5.74, 6) is 0.940. The van der Waals surface area contributed by atoms with Crippen molar-refractivity contribution in [3.8, 4) is 5.75 Å². The van der Waals surface area contributed by atoms with E-state index in [-0.39, 0.29) is 30.2 Å². The highest BCUT2D eigenvalue weighted by atomic mass is 35.5. The molecule has 1 fully saturated rings. The second-order valence-electron chi connectivity index (χ2n) is 6.38. The summed E-state index contributed by atoms with van der Waals surface area (Å²) in [6.45, 7) is 2.45. The van der Waals surface area contributed by atoms with Crippen LogP contribution in [0.4, 0.5) is 0 Å². The van der Waals surface area contributed by atoms with Crippen LogP contribution in [0.25, 0.3) is 0 Å². The van der Waals surface area contributed by atoms with E-state index in [0.717, 1.165) is 12.1 Å². The molecule has 1 aliphatic rings. The van der Waals surface area contributed by atoms with Gasteiger partial charge < -0.3 is 15.0 Å². The summed E-state index contributed by atoms with van der Waals surface area (Å²) in [6, 6.07) is 7.26. The number of hydrogen-bond acceptors (Lipinski definition) is 4. The van der Waals surface area contributed by atoms with E-state index < -0.39 is 0 Å². The Balaban J connectivity index is 0.00000243. The van der Waals surface area contributed by atoms with Crippen LogP contribution in [0.5, 0.6) is 5.75 Å². The van der Waals surface area contributed by atoms with Gasteiger partial charge in [0.1, 0.15) is 12.4 Å². The molecule has 0 aliphatic carbocycles. The van der Waals surface area contributed by atoms with Crippen molar-refractivity contribution in [3.63, 3.8) is 0 Å². The number of hydrogen-bond donors (Lipinski definition) is 1. The fraction of sp³-hybridized carbons (Fsp3) is 0.444. The SMILES string of the molecule is CN(CCOc1cccc(Cl)c1)C(=O)[C@H]1CNC[C@@H]1c1cnn(C)c1.Cl. The Morgan fingerprint density at radius 2 is 2.27 bits per heavy atom. The summed E-state index contributed by atoms with van der Waals surface area (Å²) in [7, 11) is 3.71. The maximum atomic E-state index is 12.8. The van der Waals surface area contributed by atoms with Crippen molar-refractivity contribution >= 4 is 29.9 Å². The molecule has 0 radical (unpaired) electrons. The smallest absolute Gasteiger partial charge is 0.227 e. The Morgan fingerprint density at radius 3 is 2.96 bits per heavy atom. The number of carbonyl (C=O) groups is 1. The molecule has 8 heteroatoms. The van der Waals surface area contributed by atoms with Crippen LogP contribution >= 0.6 is 24.0 Å². The van der Waals surface area contributed by atoms with Gasteiger partial charge in [-0.2, -0.15) is 5.10 Å². The van der Waals surface area contributed by atoms with Gasteiger partial charge in [0.15, 0.2) is 0 Å². The van der Waals surface area contributed by atoms with Crippen molar-refractivity contribution in [2.45, 2.75) is 5.92 Å². The first-order chi connectivity index (χ1) is 12.0. The number of nitrogens with one attached hydrogen (secondary N) is 1. The Kier molecular flexibility index (Phi) is 7.32. The number of nitrogens with zero attached hydrogens (tertiary/aromatic N) is 3. The van der Waals surface area contributed by atoms with Gasteiger partial charge in [-0.3, -0.25) is 9.48 Å². The monoisotopic (exact) mass is 398 g/mol. The highest BCUT2D eigenvalue weighted by Crippen LogP contribution is 2.29. The Morgan fingerprint density at radius 1 is 1.46 bits per heavy atom. The number of rotatable bonds is 6. The van der Waals surface area contributed by atoms with Crippen LogP contribution in [0.2, 0.25) is 5.02 Å². The van der Waals surface area contributed by atoms with Crippen molar-refractivity contribution in [2.24, 2.45) is 13.0 Å². The van der Waals surface area contributed by atoms with Gasteiger partial charge in [0.05, 0.1) is 18.7 Å². The lowest BCUT2D eigenvalue weighted by atomic mass is 9.90. The molecule has 1 aliphatic heterocycles. The molecule has 1 aromatic heterocycles. The topological polar surface area (TPSA) is 59.4 Å². The summed E-state index contributed by atoms with van der Waals surface area (Å²) in [5, 5.41) is 8.18. The molecule has 6 nitrogen and oxygen atoms in total. The van der Waals surface area contributed by atoms with Gasteiger partial charge in [0.2, 0.25) is 5.91 Å². The van der Waals surface area contributed by atoms with Gasteiger partial charge in [-0.25, -0.2) is 0 Å². The average molecular weight is 399 g/mol. The van der Waals surface area contributed by atoms with Gasteiger partial charge in [-0.1, -0.05) is 17.7 Å². The maximum absolute atomic E-state index is 12.8. The largest absolute Gasteiger partial charge is 0.492 e. The predicted octanol–water partition coefficient (Wildman–Crippen LogP) is 2.34. The summed E-state index contributed by atoms with van der Waals surface area (Å²) >= 11 is 5.94. The van der Waals surface area contributed by atoms with E-state index in [0.29, 0.717) is 30.5 Å². The van der Waals surface area contributed by atoms with Crippen LogP contribution in [0.3, 0.4) is 0 Å². The number of ether oxygens (including phenoxy) is 1. The van der Waals surface area contributed by atoms with Crippen molar-refractivity contribution < 1.29 is 9.53 Å². The molecule has 2 aromatic rings. The zero-order chi connectivity index (χ0) is 17.8. The highest BCUT2D eigenvalue weighted by Gasteiger charge is 2.36. The fourth-order valence-electron chi connectivity index (χ4n) is 3.17. The van der Waals surface area contributed by atoms with E-state index in [1.54, 1.807) is 21.7 Å². The lowest BCUT2D eigenvalue weighted by molar-refractivity contribution is -0.134. The first-order valence-electron chi connectivity index (χ1n) is 8.37. The second kappa shape index (κ2) is 9.26. The van der Waals surface area contributed by atoms with Gasteiger partial charge >= 0.3 is 0 Å². The van der Waals surface area contributed by atoms with E-state index in [1.807, 2.05) is 38.6 Å². The molecule has 1 N–H and O–H groups in total. The molecular formula is C18H24Cl2N4O2. The molecule has 2 atom stereocenters. The number of amides is 1. The van der Waals surface area contributed by atoms with Crippen LogP contribution < -0.4 is 10.1 Å². The van der Waals surface area contributed by atoms with Crippen molar-refractivity contribution in [1.29, 1.82) is 0 Å². The minimum Gasteiger partial charge on any atom is -0.492 e. The molecule has 142 valence electrons. The van der Waals surface area contributed by atoms with Crippen molar-refractivity contribution in [3.05, 3.63) is 47.2 Å². The zero-order valence-corrected chi connectivity index (χ0v) is 16.5. The van der Waals surface area contributed by atoms with Crippen LogP contribution in [0.15, 0.2) is 36.7 Å². The predicted molar refractivity (Wildman–Crippen MR) is 104 cm³/mol. The molecule has 0 unspecified atom stereocenters. The molecule has 26 heavy (non-hydrogen) atoms. The van der Waals surface area contributed by atoms with Gasteiger partial charge in [0.25, 0.3) is 0 Å². The normalized spacial score (nSPS) is 19.0. The summed E-state index contributed by atoms with van der Waals surface area (Å²) < 4.78 is 7.45. The zero-order valence-electron chi connectivity index (χ0n) is 14.9. The summed E-state index contributed by atoms with van der Waals surface area (Å²) in [4.78, 5) is 14.6. The second-order valence-corrected chi connectivity index (χ2v) is 6.82. The third kappa shape index (κ3) is 4.90. The Hall–Kier alpha value is -1.76. The first-order valence-corrected chi connectivity index (χ1v) is 8.75. The quantitative estimate of drug-likeness (QED) is 0.810. The number of carbonyl (C=O) groups excluding carboxylic acids is 1. The maximum Gasteiger partial charge on any atom is 0.227 e. The number of aryl methyl sites for hydroxylation is 1. The van der Waals surface area contributed by atoms with Crippen LogP contribution in [-0.2, 0) is 11.8 Å². The Labute approximate surface area is 164 Å². The fourth-order valence-corrected chi connectivity index (χ4v) is 3.35. The molecular weight excluding hydrogens is 375 g/mol. The summed E-state index contributed by atoms with van der Waals surface area (Å²) in [5.41, 5.74) is 1.11. The first kappa shape index (κ1) is 20.6. The molecule has 0 bridgehead atoms. The molecule has 1 aromatic carbocycles. The van der Waals surface area contributed by atoms with Gasteiger partial charge in [-0.15, -0.1) is 12.4 Å². The van der Waals surface area contributed by atoms with E-state index in [1.165, 1.54) is 0 Å². The molecule has 0 saturated carbocycles. The average Bonchev–Trinajstić information content (AvgIpc) is 3.22. The molecule has 1 amide bonds. The lowest BCUT2D eigenvalue weighted by Crippen LogP contribution is -2.38. The molecule has 2 heterocycles. The van der Waals surface area contributed by atoms with Gasteiger partial charge in [-0.05, 0) is 23.8 Å². The minimum absolute atomic E-state index is 0.